The Kier molecular flexibility index (Phi) is 7.03. The predicted octanol–water partition coefficient (Wildman–Crippen LogP) is 4.92. The molecule has 8 nitrogen and oxygen atoms in total. The molecule has 35 heavy (non-hydrogen) atoms. The van der Waals surface area contributed by atoms with Gasteiger partial charge in [0.05, 0.1) is 33.4 Å². The average molecular weight is 487 g/mol. The van der Waals surface area contributed by atoms with Crippen LogP contribution in [0.3, 0.4) is 0 Å². The normalized spacial score (nSPS) is 21.2. The molecule has 0 fully saturated rings. The van der Waals surface area contributed by atoms with Crippen LogP contribution in [-0.2, 0) is 11.2 Å². The van der Waals surface area contributed by atoms with Gasteiger partial charge >= 0.3 is 5.97 Å². The third kappa shape index (κ3) is 4.14. The summed E-state index contributed by atoms with van der Waals surface area (Å²) in [4.78, 5) is 13.0. The quantitative estimate of drug-likeness (QED) is 0.454. The van der Waals surface area contributed by atoms with Crippen molar-refractivity contribution in [2.45, 2.75) is 46.6 Å². The Morgan fingerprint density at radius 3 is 2.40 bits per heavy atom. The summed E-state index contributed by atoms with van der Waals surface area (Å²) < 4.78 is 34.7. The molecule has 4 rings (SSSR count). The van der Waals surface area contributed by atoms with E-state index in [1.54, 1.807) is 20.3 Å². The molecule has 1 aliphatic heterocycles. The van der Waals surface area contributed by atoms with Gasteiger partial charge in [-0.15, -0.1) is 0 Å². The second kappa shape index (κ2) is 9.85. The number of rotatable bonds is 6. The van der Waals surface area contributed by atoms with Crippen molar-refractivity contribution in [3.05, 3.63) is 23.3 Å². The third-order valence-electron chi connectivity index (χ3n) is 7.29. The van der Waals surface area contributed by atoms with Crippen LogP contribution in [0.15, 0.2) is 12.1 Å². The van der Waals surface area contributed by atoms with E-state index >= 15 is 0 Å². The molecule has 0 radical (unpaired) electrons. The Morgan fingerprint density at radius 2 is 1.77 bits per heavy atom. The molecule has 0 saturated carbocycles. The van der Waals surface area contributed by atoms with Gasteiger partial charge in [0.15, 0.2) is 23.0 Å². The molecule has 190 valence electrons. The van der Waals surface area contributed by atoms with Crippen molar-refractivity contribution in [3.63, 3.8) is 0 Å². The summed E-state index contributed by atoms with van der Waals surface area (Å²) in [6.45, 7) is 7.90. The maximum absolute atomic E-state index is 13.0. The smallest absolute Gasteiger partial charge is 0.314 e. The number of fused-ring (bicyclic) bond motifs is 4. The molecular formula is C27H34O8. The summed E-state index contributed by atoms with van der Waals surface area (Å²) in [5.41, 5.74) is 2.70. The minimum Gasteiger partial charge on any atom is -0.493 e. The standard InChI is InChI=1S/C27H34O8/c1-8-13(2)27(29)35-26-20-16(10-18(30-5)23(26)31-6)9-14(3)15(4)22(28)17-11-19-24(34-12-33-19)25(32-7)21(17)20/h10-11,13-15,22,28H,8-9,12H2,1-7H3/t13?,14-,15-,22-/m1/s1. The van der Waals surface area contributed by atoms with E-state index in [2.05, 4.69) is 6.92 Å². The van der Waals surface area contributed by atoms with E-state index in [0.717, 1.165) is 5.56 Å². The van der Waals surface area contributed by atoms with Crippen LogP contribution in [0, 0.1) is 17.8 Å². The highest BCUT2D eigenvalue weighted by Gasteiger charge is 2.38. The topological polar surface area (TPSA) is 92.7 Å². The molecule has 8 heteroatoms. The lowest BCUT2D eigenvalue weighted by Crippen LogP contribution is -2.23. The summed E-state index contributed by atoms with van der Waals surface area (Å²) in [5, 5.41) is 11.5. The number of ether oxygens (including phenoxy) is 6. The fraction of sp³-hybridized carbons (Fsp3) is 0.519. The molecule has 0 spiro atoms. The van der Waals surface area contributed by atoms with Crippen molar-refractivity contribution in [2.75, 3.05) is 28.1 Å². The number of hydrogen-bond acceptors (Lipinski definition) is 8. The summed E-state index contributed by atoms with van der Waals surface area (Å²) in [5.74, 6) is 1.66. The molecule has 2 aliphatic rings. The Balaban J connectivity index is 2.13. The Morgan fingerprint density at radius 1 is 1.06 bits per heavy atom. The van der Waals surface area contributed by atoms with Gasteiger partial charge in [0.1, 0.15) is 0 Å². The van der Waals surface area contributed by atoms with Crippen LogP contribution < -0.4 is 28.4 Å². The number of hydrogen-bond donors (Lipinski definition) is 1. The van der Waals surface area contributed by atoms with E-state index < -0.39 is 6.10 Å². The van der Waals surface area contributed by atoms with Crippen molar-refractivity contribution < 1.29 is 38.3 Å². The molecule has 1 unspecified atom stereocenters. The monoisotopic (exact) mass is 486 g/mol. The van der Waals surface area contributed by atoms with Crippen molar-refractivity contribution in [1.82, 2.24) is 0 Å². The molecule has 1 aliphatic carbocycles. The lowest BCUT2D eigenvalue weighted by atomic mass is 9.76. The summed E-state index contributed by atoms with van der Waals surface area (Å²) in [6, 6.07) is 3.70. The van der Waals surface area contributed by atoms with E-state index in [1.165, 1.54) is 7.11 Å². The molecule has 0 aromatic heterocycles. The molecule has 1 N–H and O–H groups in total. The highest BCUT2D eigenvalue weighted by molar-refractivity contribution is 5.91. The van der Waals surface area contributed by atoms with Crippen LogP contribution in [0.25, 0.3) is 11.1 Å². The average Bonchev–Trinajstić information content (AvgIpc) is 3.33. The van der Waals surface area contributed by atoms with Gasteiger partial charge in [0.2, 0.25) is 18.3 Å². The van der Waals surface area contributed by atoms with Crippen LogP contribution >= 0.6 is 0 Å². The third-order valence-corrected chi connectivity index (χ3v) is 7.29. The first-order valence-electron chi connectivity index (χ1n) is 12.0. The lowest BCUT2D eigenvalue weighted by molar-refractivity contribution is -0.138. The highest BCUT2D eigenvalue weighted by Crippen LogP contribution is 2.58. The molecular weight excluding hydrogens is 452 g/mol. The van der Waals surface area contributed by atoms with Crippen molar-refractivity contribution >= 4 is 5.97 Å². The van der Waals surface area contributed by atoms with Gasteiger partial charge in [-0.1, -0.05) is 27.7 Å². The van der Waals surface area contributed by atoms with Crippen LogP contribution in [0.2, 0.25) is 0 Å². The summed E-state index contributed by atoms with van der Waals surface area (Å²) >= 11 is 0. The van der Waals surface area contributed by atoms with Gasteiger partial charge in [0.25, 0.3) is 0 Å². The summed E-state index contributed by atoms with van der Waals surface area (Å²) in [7, 11) is 4.60. The number of esters is 1. The second-order valence-corrected chi connectivity index (χ2v) is 9.30. The molecule has 2 aromatic rings. The van der Waals surface area contributed by atoms with Gasteiger partial charge in [-0.3, -0.25) is 4.79 Å². The highest BCUT2D eigenvalue weighted by atomic mass is 16.7. The van der Waals surface area contributed by atoms with Crippen LogP contribution in [0.5, 0.6) is 34.5 Å². The number of methoxy groups -OCH3 is 3. The lowest BCUT2D eigenvalue weighted by Gasteiger charge is -2.33. The van der Waals surface area contributed by atoms with Crippen molar-refractivity contribution in [1.29, 1.82) is 0 Å². The zero-order valence-electron chi connectivity index (χ0n) is 21.4. The van der Waals surface area contributed by atoms with Gasteiger partial charge in [-0.2, -0.15) is 0 Å². The second-order valence-electron chi connectivity index (χ2n) is 9.30. The molecule has 0 bridgehead atoms. The molecule has 0 saturated heterocycles. The number of aliphatic hydroxyl groups excluding tert-OH is 1. The molecule has 2 aromatic carbocycles. The van der Waals surface area contributed by atoms with Crippen LogP contribution in [-0.4, -0.2) is 39.2 Å². The largest absolute Gasteiger partial charge is 0.493 e. The number of carbonyl (C=O) groups is 1. The molecule has 1 heterocycles. The fourth-order valence-electron chi connectivity index (χ4n) is 4.76. The van der Waals surface area contributed by atoms with Gasteiger partial charge < -0.3 is 33.5 Å². The van der Waals surface area contributed by atoms with Crippen molar-refractivity contribution in [2.24, 2.45) is 17.8 Å². The van der Waals surface area contributed by atoms with E-state index in [1.807, 2.05) is 26.8 Å². The fourth-order valence-corrected chi connectivity index (χ4v) is 4.76. The van der Waals surface area contributed by atoms with Crippen LogP contribution in [0.4, 0.5) is 0 Å². The molecule has 0 amide bonds. The number of carbonyl (C=O) groups excluding carboxylic acids is 1. The van der Waals surface area contributed by atoms with E-state index in [0.29, 0.717) is 58.3 Å². The molecule has 4 atom stereocenters. The van der Waals surface area contributed by atoms with Gasteiger partial charge in [-0.25, -0.2) is 0 Å². The Labute approximate surface area is 206 Å². The minimum atomic E-state index is -0.817. The predicted molar refractivity (Wildman–Crippen MR) is 130 cm³/mol. The SMILES string of the molecule is CCC(C)C(=O)Oc1c(OC)c(OC)cc2c1-c1c(cc3c(c1OC)OCO3)[C@H](O)[C@H](C)[C@H](C)C2. The first kappa shape index (κ1) is 25.0. The maximum Gasteiger partial charge on any atom is 0.314 e. The zero-order valence-corrected chi connectivity index (χ0v) is 21.4. The van der Waals surface area contributed by atoms with Crippen molar-refractivity contribution in [3.8, 4) is 45.6 Å². The summed E-state index contributed by atoms with van der Waals surface area (Å²) in [6.07, 6.45) is 0.417. The number of aliphatic hydroxyl groups is 1. The Bertz CT molecular complexity index is 1130. The first-order valence-corrected chi connectivity index (χ1v) is 12.0. The maximum atomic E-state index is 13.0. The van der Waals surface area contributed by atoms with Crippen LogP contribution in [0.1, 0.15) is 51.3 Å². The van der Waals surface area contributed by atoms with E-state index in [4.69, 9.17) is 28.4 Å². The van der Waals surface area contributed by atoms with Gasteiger partial charge in [-0.05, 0) is 47.9 Å². The van der Waals surface area contributed by atoms with E-state index in [-0.39, 0.29) is 36.3 Å². The first-order chi connectivity index (χ1) is 16.8. The zero-order chi connectivity index (χ0) is 25.4. The minimum absolute atomic E-state index is 0.0469. The van der Waals surface area contributed by atoms with E-state index in [9.17, 15) is 9.90 Å². The van der Waals surface area contributed by atoms with Gasteiger partial charge in [0, 0.05) is 11.1 Å². The Hall–Kier alpha value is -3.13. The number of benzene rings is 2.